The molecule has 5 heteroatoms. The first kappa shape index (κ1) is 14.5. The molecule has 2 rings (SSSR count). The first-order valence-corrected chi connectivity index (χ1v) is 7.02. The zero-order valence-electron chi connectivity index (χ0n) is 12.5. The van der Waals surface area contributed by atoms with Crippen LogP contribution in [0.4, 0.5) is 11.6 Å². The Morgan fingerprint density at radius 2 is 2.20 bits per heavy atom. The first-order chi connectivity index (χ1) is 9.52. The molecule has 0 atom stereocenters. The molecule has 0 spiro atoms. The second-order valence-electron chi connectivity index (χ2n) is 5.52. The van der Waals surface area contributed by atoms with Gasteiger partial charge in [-0.15, -0.1) is 0 Å². The summed E-state index contributed by atoms with van der Waals surface area (Å²) in [5.41, 5.74) is 2.27. The molecule has 20 heavy (non-hydrogen) atoms. The van der Waals surface area contributed by atoms with Gasteiger partial charge in [-0.25, -0.2) is 4.98 Å². The summed E-state index contributed by atoms with van der Waals surface area (Å²) < 4.78 is 0. The second-order valence-corrected chi connectivity index (χ2v) is 5.52. The predicted molar refractivity (Wildman–Crippen MR) is 82.5 cm³/mol. The minimum absolute atomic E-state index is 0.0752. The Morgan fingerprint density at radius 3 is 2.75 bits per heavy atom. The van der Waals surface area contributed by atoms with Crippen molar-refractivity contribution < 1.29 is 4.79 Å². The molecule has 1 amide bonds. The summed E-state index contributed by atoms with van der Waals surface area (Å²) in [6, 6.07) is 1.97. The maximum Gasteiger partial charge on any atom is 0.228 e. The van der Waals surface area contributed by atoms with E-state index in [9.17, 15) is 4.79 Å². The number of amides is 1. The van der Waals surface area contributed by atoms with Gasteiger partial charge < -0.3 is 10.6 Å². The quantitative estimate of drug-likeness (QED) is 0.641. The van der Waals surface area contributed by atoms with Crippen LogP contribution >= 0.6 is 0 Å². The van der Waals surface area contributed by atoms with Crippen LogP contribution in [-0.2, 0) is 4.79 Å². The fourth-order valence-electron chi connectivity index (χ4n) is 2.13. The number of hydrogen-bond acceptors (Lipinski definition) is 3. The molecule has 0 aromatic carbocycles. The normalized spacial score (nSPS) is 14.8. The van der Waals surface area contributed by atoms with Crippen molar-refractivity contribution in [3.63, 3.8) is 0 Å². The van der Waals surface area contributed by atoms with Gasteiger partial charge in [-0.05, 0) is 42.9 Å². The smallest absolute Gasteiger partial charge is 0.228 e. The molecule has 1 aliphatic rings. The lowest BCUT2D eigenvalue weighted by Gasteiger charge is -2.16. The SMILES string of the molecule is CN=CNc1nc(NC(=O)C2CC2)cc(C(C)C)c1C. The Labute approximate surface area is 119 Å². The average Bonchev–Trinajstić information content (AvgIpc) is 3.22. The highest BCUT2D eigenvalue weighted by molar-refractivity contribution is 5.93. The number of carbonyl (C=O) groups excluding carboxylic acids is 1. The third-order valence-electron chi connectivity index (χ3n) is 3.46. The molecule has 5 nitrogen and oxygen atoms in total. The monoisotopic (exact) mass is 274 g/mol. The van der Waals surface area contributed by atoms with Crippen LogP contribution in [0.25, 0.3) is 0 Å². The highest BCUT2D eigenvalue weighted by atomic mass is 16.2. The molecule has 1 saturated carbocycles. The zero-order chi connectivity index (χ0) is 14.7. The molecule has 1 aromatic rings. The van der Waals surface area contributed by atoms with Gasteiger partial charge in [0.25, 0.3) is 0 Å². The highest BCUT2D eigenvalue weighted by Gasteiger charge is 2.30. The number of nitrogens with zero attached hydrogens (tertiary/aromatic N) is 2. The highest BCUT2D eigenvalue weighted by Crippen LogP contribution is 2.31. The number of pyridine rings is 1. The summed E-state index contributed by atoms with van der Waals surface area (Å²) >= 11 is 0. The van der Waals surface area contributed by atoms with Gasteiger partial charge in [-0.3, -0.25) is 9.79 Å². The van der Waals surface area contributed by atoms with Crippen molar-refractivity contribution >= 4 is 23.9 Å². The van der Waals surface area contributed by atoms with Gasteiger partial charge in [0.1, 0.15) is 11.6 Å². The van der Waals surface area contributed by atoms with Gasteiger partial charge in [-0.1, -0.05) is 13.8 Å². The molecular formula is C15H22N4O. The third-order valence-corrected chi connectivity index (χ3v) is 3.46. The molecule has 1 aliphatic carbocycles. The van der Waals surface area contributed by atoms with Crippen molar-refractivity contribution in [1.29, 1.82) is 0 Å². The van der Waals surface area contributed by atoms with Crippen molar-refractivity contribution in [3.05, 3.63) is 17.2 Å². The van der Waals surface area contributed by atoms with Gasteiger partial charge in [0, 0.05) is 13.0 Å². The molecular weight excluding hydrogens is 252 g/mol. The van der Waals surface area contributed by atoms with Gasteiger partial charge >= 0.3 is 0 Å². The topological polar surface area (TPSA) is 66.4 Å². The Morgan fingerprint density at radius 1 is 1.50 bits per heavy atom. The molecule has 0 unspecified atom stereocenters. The van der Waals surface area contributed by atoms with E-state index in [1.165, 1.54) is 5.56 Å². The molecule has 1 fully saturated rings. The fourth-order valence-corrected chi connectivity index (χ4v) is 2.13. The van der Waals surface area contributed by atoms with E-state index in [2.05, 4.69) is 34.5 Å². The van der Waals surface area contributed by atoms with Crippen LogP contribution in [0.5, 0.6) is 0 Å². The van der Waals surface area contributed by atoms with Crippen LogP contribution in [0.1, 0.15) is 43.7 Å². The van der Waals surface area contributed by atoms with Crippen LogP contribution in [0.3, 0.4) is 0 Å². The van der Waals surface area contributed by atoms with E-state index in [-0.39, 0.29) is 11.8 Å². The van der Waals surface area contributed by atoms with E-state index in [1.54, 1.807) is 13.4 Å². The number of carbonyl (C=O) groups is 1. The van der Waals surface area contributed by atoms with Crippen molar-refractivity contribution in [1.82, 2.24) is 4.98 Å². The second kappa shape index (κ2) is 6.03. The Bertz CT molecular complexity index is 533. The van der Waals surface area contributed by atoms with Crippen LogP contribution < -0.4 is 10.6 Å². The van der Waals surface area contributed by atoms with E-state index in [0.29, 0.717) is 11.7 Å². The summed E-state index contributed by atoms with van der Waals surface area (Å²) in [5, 5.41) is 5.97. The molecule has 0 radical (unpaired) electrons. The lowest BCUT2D eigenvalue weighted by molar-refractivity contribution is -0.117. The molecule has 0 aliphatic heterocycles. The van der Waals surface area contributed by atoms with E-state index in [1.807, 2.05) is 13.0 Å². The fraction of sp³-hybridized carbons (Fsp3) is 0.533. The number of aliphatic imine (C=N–C) groups is 1. The maximum absolute atomic E-state index is 11.9. The van der Waals surface area contributed by atoms with Crippen LogP contribution in [0.2, 0.25) is 0 Å². The van der Waals surface area contributed by atoms with E-state index >= 15 is 0 Å². The van der Waals surface area contributed by atoms with Crippen molar-refractivity contribution in [2.45, 2.75) is 39.5 Å². The van der Waals surface area contributed by atoms with Crippen LogP contribution in [-0.4, -0.2) is 24.3 Å². The van der Waals surface area contributed by atoms with E-state index in [0.717, 1.165) is 24.2 Å². The first-order valence-electron chi connectivity index (χ1n) is 7.02. The lowest BCUT2D eigenvalue weighted by Crippen LogP contribution is -2.16. The molecule has 1 heterocycles. The van der Waals surface area contributed by atoms with Gasteiger partial charge in [0.2, 0.25) is 5.91 Å². The number of nitrogens with one attached hydrogen (secondary N) is 2. The largest absolute Gasteiger partial charge is 0.331 e. The van der Waals surface area contributed by atoms with Gasteiger partial charge in [0.05, 0.1) is 6.34 Å². The summed E-state index contributed by atoms with van der Waals surface area (Å²) in [4.78, 5) is 20.2. The summed E-state index contributed by atoms with van der Waals surface area (Å²) in [7, 11) is 1.70. The van der Waals surface area contributed by atoms with Gasteiger partial charge in [0.15, 0.2) is 0 Å². The molecule has 2 N–H and O–H groups in total. The third kappa shape index (κ3) is 3.35. The molecule has 1 aromatic heterocycles. The minimum atomic E-state index is 0.0752. The van der Waals surface area contributed by atoms with Crippen molar-refractivity contribution in [3.8, 4) is 0 Å². The van der Waals surface area contributed by atoms with Crippen molar-refractivity contribution in [2.24, 2.45) is 10.9 Å². The summed E-state index contributed by atoms with van der Waals surface area (Å²) in [6.07, 6.45) is 3.58. The predicted octanol–water partition coefficient (Wildman–Crippen LogP) is 2.93. The number of anilines is 2. The number of hydrogen-bond donors (Lipinski definition) is 2. The molecule has 108 valence electrons. The van der Waals surface area contributed by atoms with Crippen molar-refractivity contribution in [2.75, 3.05) is 17.7 Å². The maximum atomic E-state index is 11.9. The minimum Gasteiger partial charge on any atom is -0.331 e. The number of rotatable bonds is 5. The molecule has 0 saturated heterocycles. The Hall–Kier alpha value is -1.91. The van der Waals surface area contributed by atoms with Crippen LogP contribution in [0.15, 0.2) is 11.1 Å². The lowest BCUT2D eigenvalue weighted by atomic mass is 9.99. The summed E-state index contributed by atoms with van der Waals surface area (Å²) in [5.74, 6) is 1.98. The average molecular weight is 274 g/mol. The standard InChI is InChI=1S/C15H22N4O/c1-9(2)12-7-13(19-15(20)11-5-6-11)18-14(10(12)3)17-8-16-4/h7-9,11H,5-6H2,1-4H3,(H2,16,17,18,19,20). The number of aromatic nitrogens is 1. The molecule has 0 bridgehead atoms. The van der Waals surface area contributed by atoms with E-state index in [4.69, 9.17) is 0 Å². The zero-order valence-corrected chi connectivity index (χ0v) is 12.5. The van der Waals surface area contributed by atoms with Crippen LogP contribution in [0, 0.1) is 12.8 Å². The van der Waals surface area contributed by atoms with Gasteiger partial charge in [-0.2, -0.15) is 0 Å². The summed E-state index contributed by atoms with van der Waals surface area (Å²) in [6.45, 7) is 6.29. The Kier molecular flexibility index (Phi) is 4.37. The van der Waals surface area contributed by atoms with E-state index < -0.39 is 0 Å². The Balaban J connectivity index is 2.30.